The topological polar surface area (TPSA) is 207 Å². The van der Waals surface area contributed by atoms with E-state index < -0.39 is 23.8 Å². The van der Waals surface area contributed by atoms with E-state index in [9.17, 15) is 27.6 Å². The molecule has 2 amide bonds. The molecule has 0 bridgehead atoms. The summed E-state index contributed by atoms with van der Waals surface area (Å²) in [5.41, 5.74) is 11.3. The highest BCUT2D eigenvalue weighted by Gasteiger charge is 2.36. The van der Waals surface area contributed by atoms with Crippen molar-refractivity contribution in [1.82, 2.24) is 35.2 Å². The van der Waals surface area contributed by atoms with Crippen LogP contribution in [-0.2, 0) is 22.2 Å². The number of carbonyl (C=O) groups is 3. The lowest BCUT2D eigenvalue weighted by Crippen LogP contribution is -2.43. The standard InChI is InChI=1S/C28H33F3N10O4/c1-2-16-17(26(43)35-9-10-36-27(44)19(33)5-3-4-8-32)6-7-20(22(16)45-15-42)39-24-25-37-14-21(41(25)12-11-34-24)18-13-38-40-23(18)28(29,30)31/h6-7,11-15,19H,2-5,8-10,32-33H2,1H3,(H,34,39)(H,35,43)(H,36,44)(H,38,40)/t19-/m0/s1. The minimum Gasteiger partial charge on any atom is -0.426 e. The maximum absolute atomic E-state index is 13.5. The average Bonchev–Trinajstić information content (AvgIpc) is 3.68. The number of hydrogen-bond acceptors (Lipinski definition) is 10. The number of fused-ring (bicyclic) bond motifs is 1. The second-order valence-corrected chi connectivity index (χ2v) is 9.87. The number of H-pyrrole nitrogens is 1. The van der Waals surface area contributed by atoms with Crippen molar-refractivity contribution >= 4 is 35.4 Å². The summed E-state index contributed by atoms with van der Waals surface area (Å²) in [5, 5.41) is 13.9. The number of aromatic nitrogens is 5. The van der Waals surface area contributed by atoms with Crippen LogP contribution in [0.25, 0.3) is 16.9 Å². The van der Waals surface area contributed by atoms with Crippen LogP contribution in [0.4, 0.5) is 24.7 Å². The molecule has 0 aliphatic rings. The third kappa shape index (κ3) is 7.55. The highest BCUT2D eigenvalue weighted by atomic mass is 19.4. The first kappa shape index (κ1) is 32.9. The molecule has 3 aromatic heterocycles. The summed E-state index contributed by atoms with van der Waals surface area (Å²) in [5.74, 6) is -0.588. The first-order valence-electron chi connectivity index (χ1n) is 14.1. The van der Waals surface area contributed by atoms with E-state index in [0.29, 0.717) is 24.9 Å². The Morgan fingerprint density at radius 1 is 1.16 bits per heavy atom. The van der Waals surface area contributed by atoms with Gasteiger partial charge in [0.15, 0.2) is 17.2 Å². The number of alkyl halides is 3. The third-order valence-electron chi connectivity index (χ3n) is 6.92. The predicted molar refractivity (Wildman–Crippen MR) is 158 cm³/mol. The number of nitrogens with zero attached hydrogens (tertiary/aromatic N) is 4. The lowest BCUT2D eigenvalue weighted by atomic mass is 10.0. The van der Waals surface area contributed by atoms with Crippen LogP contribution in [0.5, 0.6) is 5.75 Å². The zero-order valence-corrected chi connectivity index (χ0v) is 24.3. The molecule has 4 aromatic rings. The average molecular weight is 631 g/mol. The van der Waals surface area contributed by atoms with Crippen molar-refractivity contribution < 1.29 is 32.3 Å². The minimum absolute atomic E-state index is 0.0571. The summed E-state index contributed by atoms with van der Waals surface area (Å²) < 4.78 is 47.2. The van der Waals surface area contributed by atoms with Crippen LogP contribution in [0.1, 0.15) is 47.8 Å². The van der Waals surface area contributed by atoms with Gasteiger partial charge in [-0.2, -0.15) is 18.3 Å². The molecule has 0 saturated carbocycles. The second kappa shape index (κ2) is 14.6. The normalized spacial score (nSPS) is 12.1. The molecule has 0 saturated heterocycles. The molecule has 0 spiro atoms. The number of hydrogen-bond donors (Lipinski definition) is 6. The molecule has 1 atom stereocenters. The van der Waals surface area contributed by atoms with E-state index in [1.165, 1.54) is 35.1 Å². The number of anilines is 2. The van der Waals surface area contributed by atoms with Crippen molar-refractivity contribution in [3.05, 3.63) is 53.7 Å². The molecule has 14 nitrogen and oxygen atoms in total. The molecule has 45 heavy (non-hydrogen) atoms. The van der Waals surface area contributed by atoms with Gasteiger partial charge in [0.05, 0.1) is 35.4 Å². The molecule has 0 aliphatic carbocycles. The van der Waals surface area contributed by atoms with Gasteiger partial charge in [0.1, 0.15) is 5.69 Å². The molecule has 0 fully saturated rings. The molecule has 1 aromatic carbocycles. The molecule has 17 heteroatoms. The molecule has 4 rings (SSSR count). The summed E-state index contributed by atoms with van der Waals surface area (Å²) in [6.07, 6.45) is 2.77. The number of halogens is 3. The minimum atomic E-state index is -4.67. The fourth-order valence-corrected chi connectivity index (χ4v) is 4.73. The van der Waals surface area contributed by atoms with Gasteiger partial charge in [0, 0.05) is 36.6 Å². The van der Waals surface area contributed by atoms with E-state index in [1.807, 2.05) is 5.10 Å². The number of nitrogens with two attached hydrogens (primary N) is 2. The van der Waals surface area contributed by atoms with Crippen LogP contribution in [0.15, 0.2) is 36.9 Å². The second-order valence-electron chi connectivity index (χ2n) is 9.87. The number of ether oxygens (including phenoxy) is 1. The Labute approximate surface area is 255 Å². The van der Waals surface area contributed by atoms with Gasteiger partial charge in [-0.1, -0.05) is 13.3 Å². The molecule has 0 radical (unpaired) electrons. The highest BCUT2D eigenvalue weighted by Crippen LogP contribution is 2.37. The number of amides is 2. The Morgan fingerprint density at radius 3 is 2.64 bits per heavy atom. The van der Waals surface area contributed by atoms with E-state index in [0.717, 1.165) is 19.0 Å². The summed E-state index contributed by atoms with van der Waals surface area (Å²) in [4.78, 5) is 45.2. The SMILES string of the molecule is CCc1c(C(=O)NCCNC(=O)[C@@H](N)CCCCN)ccc(Nc2nccn3c(-c4cn[nH]c4C(F)(F)F)cnc23)c1OC=O. The molecule has 0 unspecified atom stereocenters. The van der Waals surface area contributed by atoms with Gasteiger partial charge < -0.3 is 32.2 Å². The largest absolute Gasteiger partial charge is 0.433 e. The monoisotopic (exact) mass is 630 g/mol. The van der Waals surface area contributed by atoms with Crippen LogP contribution in [-0.4, -0.2) is 68.5 Å². The molecular formula is C28H33F3N10O4. The Bertz CT molecular complexity index is 1650. The van der Waals surface area contributed by atoms with Crippen molar-refractivity contribution in [2.24, 2.45) is 11.5 Å². The number of carbonyl (C=O) groups excluding carboxylic acids is 3. The molecule has 0 aliphatic heterocycles. The Morgan fingerprint density at radius 2 is 1.93 bits per heavy atom. The van der Waals surface area contributed by atoms with Crippen LogP contribution in [0, 0.1) is 0 Å². The quantitative estimate of drug-likeness (QED) is 0.0834. The van der Waals surface area contributed by atoms with Crippen LogP contribution < -0.4 is 32.2 Å². The van der Waals surface area contributed by atoms with Gasteiger partial charge in [-0.15, -0.1) is 0 Å². The fourth-order valence-electron chi connectivity index (χ4n) is 4.73. The maximum atomic E-state index is 13.5. The molecule has 3 heterocycles. The zero-order valence-electron chi connectivity index (χ0n) is 24.3. The smallest absolute Gasteiger partial charge is 0.426 e. The van der Waals surface area contributed by atoms with Gasteiger partial charge in [-0.25, -0.2) is 9.97 Å². The van der Waals surface area contributed by atoms with Crippen molar-refractivity contribution in [1.29, 1.82) is 0 Å². The van der Waals surface area contributed by atoms with E-state index in [1.54, 1.807) is 6.92 Å². The molecule has 8 N–H and O–H groups in total. The van der Waals surface area contributed by atoms with E-state index in [-0.39, 0.29) is 65.2 Å². The number of imidazole rings is 1. The summed E-state index contributed by atoms with van der Waals surface area (Å²) in [6.45, 7) is 2.78. The fraction of sp³-hybridized carbons (Fsp3) is 0.357. The number of nitrogens with one attached hydrogen (secondary N) is 4. The lowest BCUT2D eigenvalue weighted by Gasteiger charge is -2.17. The van der Waals surface area contributed by atoms with Gasteiger partial charge in [-0.05, 0) is 37.9 Å². The van der Waals surface area contributed by atoms with Gasteiger partial charge >= 0.3 is 6.18 Å². The van der Waals surface area contributed by atoms with Crippen LogP contribution in [0.3, 0.4) is 0 Å². The molecule has 240 valence electrons. The predicted octanol–water partition coefficient (Wildman–Crippen LogP) is 2.28. The maximum Gasteiger partial charge on any atom is 0.433 e. The van der Waals surface area contributed by atoms with E-state index >= 15 is 0 Å². The van der Waals surface area contributed by atoms with Crippen molar-refractivity contribution in [2.75, 3.05) is 25.0 Å². The van der Waals surface area contributed by atoms with Gasteiger partial charge in [-0.3, -0.25) is 23.9 Å². The van der Waals surface area contributed by atoms with Crippen LogP contribution >= 0.6 is 0 Å². The highest BCUT2D eigenvalue weighted by molar-refractivity contribution is 5.98. The summed E-state index contributed by atoms with van der Waals surface area (Å²) in [7, 11) is 0. The Kier molecular flexibility index (Phi) is 10.7. The lowest BCUT2D eigenvalue weighted by molar-refractivity contribution is -0.140. The Balaban J connectivity index is 1.52. The Hall–Kier alpha value is -5.03. The van der Waals surface area contributed by atoms with Crippen molar-refractivity contribution in [3.8, 4) is 17.0 Å². The number of rotatable bonds is 15. The summed E-state index contributed by atoms with van der Waals surface area (Å²) >= 11 is 0. The van der Waals surface area contributed by atoms with Gasteiger partial charge in [0.25, 0.3) is 12.4 Å². The van der Waals surface area contributed by atoms with E-state index in [2.05, 4.69) is 31.0 Å². The number of benzene rings is 1. The van der Waals surface area contributed by atoms with E-state index in [4.69, 9.17) is 16.2 Å². The molecular weight excluding hydrogens is 597 g/mol. The first-order valence-corrected chi connectivity index (χ1v) is 14.1. The van der Waals surface area contributed by atoms with Gasteiger partial charge in [0.2, 0.25) is 5.91 Å². The number of unbranched alkanes of at least 4 members (excludes halogenated alkanes) is 1. The zero-order chi connectivity index (χ0) is 32.6. The third-order valence-corrected chi connectivity index (χ3v) is 6.92. The number of aromatic amines is 1. The first-order chi connectivity index (χ1) is 21.6. The van der Waals surface area contributed by atoms with Crippen molar-refractivity contribution in [2.45, 2.75) is 44.8 Å². The summed E-state index contributed by atoms with van der Waals surface area (Å²) in [6, 6.07) is 2.36. The van der Waals surface area contributed by atoms with Crippen molar-refractivity contribution in [3.63, 3.8) is 0 Å². The van der Waals surface area contributed by atoms with Crippen LogP contribution in [0.2, 0.25) is 0 Å².